The maximum atomic E-state index is 13.0. The van der Waals surface area contributed by atoms with Crippen molar-refractivity contribution in [1.29, 1.82) is 0 Å². The van der Waals surface area contributed by atoms with Gasteiger partial charge in [0.05, 0.1) is 17.1 Å². The molecule has 2 heterocycles. The van der Waals surface area contributed by atoms with Crippen molar-refractivity contribution in [2.45, 2.75) is 5.16 Å². The van der Waals surface area contributed by atoms with Crippen LogP contribution in [0.15, 0.2) is 71.5 Å². The lowest BCUT2D eigenvalue weighted by atomic mass is 10.2. The first-order chi connectivity index (χ1) is 13.7. The molecule has 0 saturated heterocycles. The number of benzene rings is 2. The van der Waals surface area contributed by atoms with Crippen LogP contribution < -0.4 is 5.32 Å². The number of thioether (sulfide) groups is 1. The number of hydrogen-bond donors (Lipinski definition) is 1. The van der Waals surface area contributed by atoms with Crippen molar-refractivity contribution in [3.8, 4) is 16.9 Å². The number of anilines is 1. The van der Waals surface area contributed by atoms with Gasteiger partial charge >= 0.3 is 0 Å². The molecular weight excluding hydrogens is 397 g/mol. The van der Waals surface area contributed by atoms with Crippen molar-refractivity contribution in [2.75, 3.05) is 11.1 Å². The van der Waals surface area contributed by atoms with Crippen molar-refractivity contribution in [3.63, 3.8) is 0 Å². The minimum absolute atomic E-state index is 0.171. The number of halogens is 1. The highest BCUT2D eigenvalue weighted by molar-refractivity contribution is 7.99. The zero-order chi connectivity index (χ0) is 19.3. The maximum Gasteiger partial charge on any atom is 0.236 e. The van der Waals surface area contributed by atoms with E-state index in [0.29, 0.717) is 16.0 Å². The monoisotopic (exact) mass is 411 g/mol. The average molecular weight is 411 g/mol. The molecule has 9 heteroatoms. The quantitative estimate of drug-likeness (QED) is 0.480. The summed E-state index contributed by atoms with van der Waals surface area (Å²) >= 11 is 2.57. The SMILES string of the molecule is O=C(CSc1ncn(-c2ccccc2)n1)Nc1nc(-c2ccc(F)cc2)cs1. The summed E-state index contributed by atoms with van der Waals surface area (Å²) in [6.45, 7) is 0. The van der Waals surface area contributed by atoms with Gasteiger partial charge in [-0.25, -0.2) is 19.0 Å². The number of nitrogens with one attached hydrogen (secondary N) is 1. The smallest absolute Gasteiger partial charge is 0.236 e. The summed E-state index contributed by atoms with van der Waals surface area (Å²) in [7, 11) is 0. The Hall–Kier alpha value is -3.04. The molecule has 2 aromatic carbocycles. The molecule has 0 atom stereocenters. The van der Waals surface area contributed by atoms with Gasteiger partial charge in [-0.2, -0.15) is 0 Å². The van der Waals surface area contributed by atoms with Crippen LogP contribution in [0.5, 0.6) is 0 Å². The molecule has 140 valence electrons. The molecule has 0 aliphatic carbocycles. The van der Waals surface area contributed by atoms with Crippen LogP contribution in [0.1, 0.15) is 0 Å². The van der Waals surface area contributed by atoms with E-state index < -0.39 is 0 Å². The highest BCUT2D eigenvalue weighted by atomic mass is 32.2. The van der Waals surface area contributed by atoms with Crippen molar-refractivity contribution in [1.82, 2.24) is 19.7 Å². The number of amides is 1. The van der Waals surface area contributed by atoms with Gasteiger partial charge in [-0.1, -0.05) is 30.0 Å². The highest BCUT2D eigenvalue weighted by Gasteiger charge is 2.11. The van der Waals surface area contributed by atoms with Crippen LogP contribution in [0.25, 0.3) is 16.9 Å². The predicted molar refractivity (Wildman–Crippen MR) is 108 cm³/mol. The van der Waals surface area contributed by atoms with Crippen LogP contribution in [0.2, 0.25) is 0 Å². The van der Waals surface area contributed by atoms with Gasteiger partial charge in [0.15, 0.2) is 5.13 Å². The Morgan fingerprint density at radius 2 is 1.93 bits per heavy atom. The summed E-state index contributed by atoms with van der Waals surface area (Å²) in [5.41, 5.74) is 2.39. The zero-order valence-corrected chi connectivity index (χ0v) is 16.1. The largest absolute Gasteiger partial charge is 0.301 e. The lowest BCUT2D eigenvalue weighted by Gasteiger charge is -2.00. The van der Waals surface area contributed by atoms with E-state index in [0.717, 1.165) is 11.3 Å². The number of para-hydroxylation sites is 1. The zero-order valence-electron chi connectivity index (χ0n) is 14.4. The minimum Gasteiger partial charge on any atom is -0.301 e. The van der Waals surface area contributed by atoms with E-state index in [9.17, 15) is 9.18 Å². The molecule has 0 unspecified atom stereocenters. The second-order valence-corrected chi connectivity index (χ2v) is 7.49. The van der Waals surface area contributed by atoms with E-state index >= 15 is 0 Å². The van der Waals surface area contributed by atoms with E-state index in [4.69, 9.17) is 0 Å². The summed E-state index contributed by atoms with van der Waals surface area (Å²) in [4.78, 5) is 20.8. The van der Waals surface area contributed by atoms with Crippen LogP contribution in [0.4, 0.5) is 9.52 Å². The van der Waals surface area contributed by atoms with E-state index in [-0.39, 0.29) is 17.5 Å². The van der Waals surface area contributed by atoms with E-state index in [2.05, 4.69) is 20.4 Å². The Morgan fingerprint density at radius 3 is 2.71 bits per heavy atom. The van der Waals surface area contributed by atoms with Gasteiger partial charge < -0.3 is 5.32 Å². The molecule has 0 fully saturated rings. The fourth-order valence-electron chi connectivity index (χ4n) is 2.39. The molecular formula is C19H14FN5OS2. The average Bonchev–Trinajstić information content (AvgIpc) is 3.37. The lowest BCUT2D eigenvalue weighted by Crippen LogP contribution is -2.14. The van der Waals surface area contributed by atoms with Crippen molar-refractivity contribution in [3.05, 3.63) is 72.1 Å². The molecule has 1 N–H and O–H groups in total. The van der Waals surface area contributed by atoms with Gasteiger partial charge in [-0.05, 0) is 36.4 Å². The van der Waals surface area contributed by atoms with Gasteiger partial charge in [-0.3, -0.25) is 4.79 Å². The van der Waals surface area contributed by atoms with Crippen LogP contribution >= 0.6 is 23.1 Å². The maximum absolute atomic E-state index is 13.0. The summed E-state index contributed by atoms with van der Waals surface area (Å²) in [5.74, 6) is -0.321. The van der Waals surface area contributed by atoms with Gasteiger partial charge in [0.25, 0.3) is 0 Å². The molecule has 1 amide bonds. The summed E-state index contributed by atoms with van der Waals surface area (Å²) in [5, 5.41) is 9.95. The third kappa shape index (κ3) is 4.44. The van der Waals surface area contributed by atoms with Crippen LogP contribution in [-0.4, -0.2) is 31.4 Å². The van der Waals surface area contributed by atoms with Crippen molar-refractivity contribution < 1.29 is 9.18 Å². The number of hydrogen-bond acceptors (Lipinski definition) is 6. The molecule has 0 radical (unpaired) electrons. The predicted octanol–water partition coefficient (Wildman–Crippen LogP) is 4.26. The van der Waals surface area contributed by atoms with Gasteiger partial charge in [0.1, 0.15) is 12.1 Å². The fraction of sp³-hybridized carbons (Fsp3) is 0.0526. The minimum atomic E-state index is -0.298. The topological polar surface area (TPSA) is 72.7 Å². The lowest BCUT2D eigenvalue weighted by molar-refractivity contribution is -0.113. The summed E-state index contributed by atoms with van der Waals surface area (Å²) in [6, 6.07) is 15.7. The molecule has 6 nitrogen and oxygen atoms in total. The normalized spacial score (nSPS) is 10.8. The van der Waals surface area contributed by atoms with Crippen LogP contribution in [0.3, 0.4) is 0 Å². The third-order valence-corrected chi connectivity index (χ3v) is 5.32. The van der Waals surface area contributed by atoms with E-state index in [1.54, 1.807) is 23.1 Å². The highest BCUT2D eigenvalue weighted by Crippen LogP contribution is 2.25. The molecule has 4 rings (SSSR count). The number of nitrogens with zero attached hydrogens (tertiary/aromatic N) is 4. The standard InChI is InChI=1S/C19H14FN5OS2/c20-14-8-6-13(7-9-14)16-10-27-19(22-16)23-17(26)11-28-18-21-12-25(24-18)15-4-2-1-3-5-15/h1-10,12H,11H2,(H,22,23,26). The molecule has 2 aromatic heterocycles. The first-order valence-electron chi connectivity index (χ1n) is 8.28. The summed E-state index contributed by atoms with van der Waals surface area (Å²) in [6.07, 6.45) is 1.62. The molecule has 0 spiro atoms. The Bertz CT molecular complexity index is 1080. The van der Waals surface area contributed by atoms with Gasteiger partial charge in [-0.15, -0.1) is 16.4 Å². The molecule has 0 saturated carbocycles. The number of carbonyl (C=O) groups excluding carboxylic acids is 1. The Labute approximate surface area is 168 Å². The first-order valence-corrected chi connectivity index (χ1v) is 10.1. The Balaban J connectivity index is 1.33. The van der Waals surface area contributed by atoms with Gasteiger partial charge in [0, 0.05) is 10.9 Å². The second-order valence-electron chi connectivity index (χ2n) is 5.69. The number of aromatic nitrogens is 4. The van der Waals surface area contributed by atoms with E-state index in [1.807, 2.05) is 35.7 Å². The van der Waals surface area contributed by atoms with Gasteiger partial charge in [0.2, 0.25) is 11.1 Å². The van der Waals surface area contributed by atoms with Crippen molar-refractivity contribution >= 4 is 34.1 Å². The molecule has 4 aromatic rings. The second kappa shape index (κ2) is 8.32. The van der Waals surface area contributed by atoms with E-state index in [1.165, 1.54) is 35.2 Å². The number of rotatable bonds is 6. The summed E-state index contributed by atoms with van der Waals surface area (Å²) < 4.78 is 14.7. The Kier molecular flexibility index (Phi) is 5.45. The number of carbonyl (C=O) groups is 1. The molecule has 28 heavy (non-hydrogen) atoms. The van der Waals surface area contributed by atoms with Crippen LogP contribution in [0, 0.1) is 5.82 Å². The number of thiazole rings is 1. The Morgan fingerprint density at radius 1 is 1.14 bits per heavy atom. The third-order valence-electron chi connectivity index (χ3n) is 3.71. The molecule has 0 bridgehead atoms. The molecule has 0 aliphatic heterocycles. The molecule has 0 aliphatic rings. The fourth-order valence-corrected chi connectivity index (χ4v) is 3.72. The van der Waals surface area contributed by atoms with Crippen molar-refractivity contribution in [2.24, 2.45) is 0 Å². The first kappa shape index (κ1) is 18.3. The van der Waals surface area contributed by atoms with Crippen LogP contribution in [-0.2, 0) is 4.79 Å².